The van der Waals surface area contributed by atoms with E-state index in [1.807, 2.05) is 0 Å². The van der Waals surface area contributed by atoms with Gasteiger partial charge in [0.2, 0.25) is 6.29 Å². The number of ether oxygens (including phenoxy) is 2. The predicted octanol–water partition coefficient (Wildman–Crippen LogP) is 3.97. The molecule has 0 fully saturated rings. The fourth-order valence-electron chi connectivity index (χ4n) is 1.68. The van der Waals surface area contributed by atoms with Crippen LogP contribution in [0.15, 0.2) is 12.5 Å². The molecule has 0 aliphatic carbocycles. The Bertz CT molecular complexity index is 146. The van der Waals surface area contributed by atoms with Gasteiger partial charge >= 0.3 is 0 Å². The fraction of sp³-hybridized carbons (Fsp3) is 0.833. The van der Waals surface area contributed by atoms with Gasteiger partial charge in [-0.05, 0) is 6.42 Å². The molecule has 2 nitrogen and oxygen atoms in total. The quantitative estimate of drug-likeness (QED) is 0.549. The molecule has 0 saturated heterocycles. The van der Waals surface area contributed by atoms with Gasteiger partial charge in [-0.2, -0.15) is 0 Å². The smallest absolute Gasteiger partial charge is 0.239 e. The van der Waals surface area contributed by atoms with Crippen LogP contribution in [0.2, 0.25) is 0 Å². The molecule has 0 N–H and O–H groups in total. The summed E-state index contributed by atoms with van der Waals surface area (Å²) in [7, 11) is 0. The van der Waals surface area contributed by atoms with E-state index in [4.69, 9.17) is 9.47 Å². The summed E-state index contributed by atoms with van der Waals surface area (Å²) in [5.41, 5.74) is 0. The number of hydrogen-bond donors (Lipinski definition) is 0. The maximum absolute atomic E-state index is 5.20. The molecule has 0 amide bonds. The van der Waals surface area contributed by atoms with Crippen LogP contribution in [-0.2, 0) is 9.47 Å². The lowest BCUT2D eigenvalue weighted by Gasteiger charge is -2.09. The van der Waals surface area contributed by atoms with Crippen molar-refractivity contribution in [3.8, 4) is 0 Å². The van der Waals surface area contributed by atoms with Gasteiger partial charge in [-0.25, -0.2) is 0 Å². The van der Waals surface area contributed by atoms with E-state index in [-0.39, 0.29) is 6.29 Å². The summed E-state index contributed by atoms with van der Waals surface area (Å²) < 4.78 is 10.4. The average Bonchev–Trinajstić information content (AvgIpc) is 2.69. The van der Waals surface area contributed by atoms with Gasteiger partial charge in [-0.3, -0.25) is 0 Å². The van der Waals surface area contributed by atoms with Gasteiger partial charge < -0.3 is 9.47 Å². The number of rotatable bonds is 8. The molecule has 1 heterocycles. The van der Waals surface area contributed by atoms with Crippen molar-refractivity contribution in [1.82, 2.24) is 0 Å². The van der Waals surface area contributed by atoms with Crippen LogP contribution in [-0.4, -0.2) is 6.29 Å². The molecule has 82 valence electrons. The van der Waals surface area contributed by atoms with E-state index in [2.05, 4.69) is 6.92 Å². The van der Waals surface area contributed by atoms with Crippen molar-refractivity contribution in [1.29, 1.82) is 0 Å². The first-order chi connectivity index (χ1) is 6.93. The van der Waals surface area contributed by atoms with Crippen molar-refractivity contribution >= 4 is 0 Å². The number of hydrogen-bond acceptors (Lipinski definition) is 2. The summed E-state index contributed by atoms with van der Waals surface area (Å²) in [4.78, 5) is 0. The van der Waals surface area contributed by atoms with Crippen molar-refractivity contribution < 1.29 is 9.47 Å². The van der Waals surface area contributed by atoms with Gasteiger partial charge in [0.05, 0.1) is 0 Å². The minimum absolute atomic E-state index is 0.00522. The third-order valence-corrected chi connectivity index (χ3v) is 2.56. The largest absolute Gasteiger partial charge is 0.459 e. The van der Waals surface area contributed by atoms with Crippen LogP contribution < -0.4 is 0 Å². The third kappa shape index (κ3) is 5.15. The Hall–Kier alpha value is -0.660. The Kier molecular flexibility index (Phi) is 6.29. The molecular formula is C12H22O2. The van der Waals surface area contributed by atoms with Gasteiger partial charge in [0.15, 0.2) is 0 Å². The Labute approximate surface area is 87.3 Å². The second-order valence-electron chi connectivity index (χ2n) is 3.88. The zero-order chi connectivity index (χ0) is 10.1. The molecule has 1 rings (SSSR count). The first kappa shape index (κ1) is 11.4. The highest BCUT2D eigenvalue weighted by Gasteiger charge is 2.10. The molecule has 0 spiro atoms. The SMILES string of the molecule is CCCCCCCCCC1OC=CO1. The second-order valence-corrected chi connectivity index (χ2v) is 3.88. The van der Waals surface area contributed by atoms with Crippen LogP contribution in [0.25, 0.3) is 0 Å². The van der Waals surface area contributed by atoms with Crippen molar-refractivity contribution in [3.63, 3.8) is 0 Å². The van der Waals surface area contributed by atoms with E-state index in [1.165, 1.54) is 44.9 Å². The minimum Gasteiger partial charge on any atom is -0.459 e. The summed E-state index contributed by atoms with van der Waals surface area (Å²) in [5, 5.41) is 0. The van der Waals surface area contributed by atoms with Crippen LogP contribution in [0.5, 0.6) is 0 Å². The summed E-state index contributed by atoms with van der Waals surface area (Å²) in [6, 6.07) is 0. The van der Waals surface area contributed by atoms with Crippen LogP contribution >= 0.6 is 0 Å². The molecule has 0 aromatic carbocycles. The maximum Gasteiger partial charge on any atom is 0.239 e. The zero-order valence-electron chi connectivity index (χ0n) is 9.21. The Morgan fingerprint density at radius 2 is 1.43 bits per heavy atom. The van der Waals surface area contributed by atoms with Gasteiger partial charge in [0.1, 0.15) is 12.5 Å². The summed E-state index contributed by atoms with van der Waals surface area (Å²) in [6.45, 7) is 2.25. The lowest BCUT2D eigenvalue weighted by molar-refractivity contribution is -0.0295. The normalized spacial score (nSPS) is 15.5. The first-order valence-electron chi connectivity index (χ1n) is 5.89. The Morgan fingerprint density at radius 1 is 0.857 bits per heavy atom. The predicted molar refractivity (Wildman–Crippen MR) is 57.7 cm³/mol. The third-order valence-electron chi connectivity index (χ3n) is 2.56. The Morgan fingerprint density at radius 3 is 2.07 bits per heavy atom. The van der Waals surface area contributed by atoms with Crippen molar-refractivity contribution in [3.05, 3.63) is 12.5 Å². The molecule has 0 unspecified atom stereocenters. The molecule has 0 radical (unpaired) electrons. The fourth-order valence-corrected chi connectivity index (χ4v) is 1.68. The first-order valence-corrected chi connectivity index (χ1v) is 5.89. The Balaban J connectivity index is 1.75. The number of unbranched alkanes of at least 4 members (excludes halogenated alkanes) is 6. The van der Waals surface area contributed by atoms with Crippen LogP contribution in [0.1, 0.15) is 58.3 Å². The monoisotopic (exact) mass is 198 g/mol. The van der Waals surface area contributed by atoms with E-state index in [0.29, 0.717) is 0 Å². The van der Waals surface area contributed by atoms with E-state index in [9.17, 15) is 0 Å². The summed E-state index contributed by atoms with van der Waals surface area (Å²) in [5.74, 6) is 0. The molecule has 0 bridgehead atoms. The van der Waals surface area contributed by atoms with E-state index >= 15 is 0 Å². The maximum atomic E-state index is 5.20. The lowest BCUT2D eigenvalue weighted by Crippen LogP contribution is -2.06. The van der Waals surface area contributed by atoms with Crippen molar-refractivity contribution in [2.24, 2.45) is 0 Å². The average molecular weight is 198 g/mol. The summed E-state index contributed by atoms with van der Waals surface area (Å²) in [6.07, 6.45) is 13.7. The minimum atomic E-state index is 0.00522. The van der Waals surface area contributed by atoms with Gasteiger partial charge in [-0.1, -0.05) is 45.4 Å². The topological polar surface area (TPSA) is 18.5 Å². The molecule has 0 atom stereocenters. The van der Waals surface area contributed by atoms with Gasteiger partial charge in [0.25, 0.3) is 0 Å². The molecule has 1 aliphatic heterocycles. The van der Waals surface area contributed by atoms with Crippen LogP contribution in [0, 0.1) is 0 Å². The molecule has 14 heavy (non-hydrogen) atoms. The van der Waals surface area contributed by atoms with Crippen LogP contribution in [0.3, 0.4) is 0 Å². The standard InChI is InChI=1S/C12H22O2/c1-2-3-4-5-6-7-8-9-12-13-10-11-14-12/h10-12H,2-9H2,1H3. The summed E-state index contributed by atoms with van der Waals surface area (Å²) >= 11 is 0. The highest BCUT2D eigenvalue weighted by atomic mass is 16.7. The lowest BCUT2D eigenvalue weighted by atomic mass is 10.1. The van der Waals surface area contributed by atoms with E-state index in [0.717, 1.165) is 6.42 Å². The van der Waals surface area contributed by atoms with Crippen molar-refractivity contribution in [2.75, 3.05) is 0 Å². The molecule has 0 aromatic rings. The molecular weight excluding hydrogens is 176 g/mol. The van der Waals surface area contributed by atoms with Gasteiger partial charge in [-0.15, -0.1) is 0 Å². The highest BCUT2D eigenvalue weighted by molar-refractivity contribution is 4.70. The zero-order valence-corrected chi connectivity index (χ0v) is 9.21. The molecule has 1 aliphatic rings. The highest BCUT2D eigenvalue weighted by Crippen LogP contribution is 2.14. The van der Waals surface area contributed by atoms with E-state index < -0.39 is 0 Å². The van der Waals surface area contributed by atoms with Gasteiger partial charge in [0, 0.05) is 6.42 Å². The molecule has 0 saturated carbocycles. The molecule has 0 aromatic heterocycles. The molecule has 2 heteroatoms. The van der Waals surface area contributed by atoms with E-state index in [1.54, 1.807) is 12.5 Å². The van der Waals surface area contributed by atoms with Crippen molar-refractivity contribution in [2.45, 2.75) is 64.6 Å². The van der Waals surface area contributed by atoms with Crippen LogP contribution in [0.4, 0.5) is 0 Å². The second kappa shape index (κ2) is 7.72.